The second-order valence-electron chi connectivity index (χ2n) is 4.34. The lowest BCUT2D eigenvalue weighted by Crippen LogP contribution is -2.15. The molecule has 0 spiro atoms. The second kappa shape index (κ2) is 6.78. The maximum Gasteiger partial charge on any atom is 0.328 e. The zero-order valence-electron chi connectivity index (χ0n) is 11.9. The van der Waals surface area contributed by atoms with E-state index in [4.69, 9.17) is 27.9 Å². The smallest absolute Gasteiger partial charge is 0.328 e. The Morgan fingerprint density at radius 2 is 1.90 bits per heavy atom. The third-order valence-electron chi connectivity index (χ3n) is 2.44. The zero-order valence-corrected chi connectivity index (χ0v) is 13.4. The van der Waals surface area contributed by atoms with E-state index in [1.165, 1.54) is 0 Å². The molecule has 6 nitrogen and oxygen atoms in total. The van der Waals surface area contributed by atoms with E-state index in [-0.39, 0.29) is 6.01 Å². The van der Waals surface area contributed by atoms with Gasteiger partial charge in [-0.1, -0.05) is 23.2 Å². The SMILES string of the molecule is CCNc1nc(Oc2ccc(Cl)c(Cl)c2)nc(N(C)C)n1. The number of nitrogens with one attached hydrogen (secondary N) is 1. The first-order valence-electron chi connectivity index (χ1n) is 6.29. The first-order chi connectivity index (χ1) is 9.99. The van der Waals surface area contributed by atoms with Crippen LogP contribution in [0.4, 0.5) is 11.9 Å². The topological polar surface area (TPSA) is 63.2 Å². The van der Waals surface area contributed by atoms with Gasteiger partial charge in [0.15, 0.2) is 0 Å². The van der Waals surface area contributed by atoms with Crippen LogP contribution in [0, 0.1) is 0 Å². The molecular weight excluding hydrogens is 313 g/mol. The predicted octanol–water partition coefficient (Wildman–Crippen LogP) is 3.47. The molecule has 1 heterocycles. The Hall–Kier alpha value is -1.79. The first kappa shape index (κ1) is 15.6. The molecular formula is C13H15Cl2N5O. The van der Waals surface area contributed by atoms with Crippen LogP contribution in [-0.4, -0.2) is 35.6 Å². The molecule has 0 bridgehead atoms. The second-order valence-corrected chi connectivity index (χ2v) is 5.16. The zero-order chi connectivity index (χ0) is 15.4. The van der Waals surface area contributed by atoms with Crippen molar-refractivity contribution in [2.24, 2.45) is 0 Å². The van der Waals surface area contributed by atoms with Crippen LogP contribution in [0.15, 0.2) is 18.2 Å². The number of anilines is 2. The summed E-state index contributed by atoms with van der Waals surface area (Å²) in [5.41, 5.74) is 0. The van der Waals surface area contributed by atoms with Crippen molar-refractivity contribution in [3.8, 4) is 11.8 Å². The van der Waals surface area contributed by atoms with E-state index < -0.39 is 0 Å². The van der Waals surface area contributed by atoms with E-state index in [0.717, 1.165) is 0 Å². The van der Waals surface area contributed by atoms with Crippen LogP contribution in [-0.2, 0) is 0 Å². The summed E-state index contributed by atoms with van der Waals surface area (Å²) in [6.07, 6.45) is 0. The molecule has 0 aliphatic heterocycles. The fourth-order valence-corrected chi connectivity index (χ4v) is 1.76. The van der Waals surface area contributed by atoms with Gasteiger partial charge in [0.25, 0.3) is 0 Å². The van der Waals surface area contributed by atoms with E-state index >= 15 is 0 Å². The highest BCUT2D eigenvalue weighted by Gasteiger charge is 2.10. The summed E-state index contributed by atoms with van der Waals surface area (Å²) in [7, 11) is 3.68. The van der Waals surface area contributed by atoms with E-state index in [1.54, 1.807) is 23.1 Å². The average molecular weight is 328 g/mol. The van der Waals surface area contributed by atoms with E-state index in [0.29, 0.717) is 34.2 Å². The van der Waals surface area contributed by atoms with Gasteiger partial charge in [-0.2, -0.15) is 15.0 Å². The van der Waals surface area contributed by atoms with Crippen LogP contribution in [0.25, 0.3) is 0 Å². The molecule has 1 aromatic carbocycles. The highest BCUT2D eigenvalue weighted by Crippen LogP contribution is 2.28. The van der Waals surface area contributed by atoms with Crippen LogP contribution < -0.4 is 15.0 Å². The van der Waals surface area contributed by atoms with Crippen LogP contribution in [0.5, 0.6) is 11.8 Å². The molecule has 0 atom stereocenters. The Bertz CT molecular complexity index is 636. The van der Waals surface area contributed by atoms with Crippen LogP contribution in [0.1, 0.15) is 6.92 Å². The summed E-state index contributed by atoms with van der Waals surface area (Å²) in [6.45, 7) is 2.65. The molecule has 1 aromatic heterocycles. The average Bonchev–Trinajstić information content (AvgIpc) is 2.43. The van der Waals surface area contributed by atoms with Crippen LogP contribution >= 0.6 is 23.2 Å². The molecule has 8 heteroatoms. The van der Waals surface area contributed by atoms with Crippen molar-refractivity contribution in [3.05, 3.63) is 28.2 Å². The summed E-state index contributed by atoms with van der Waals surface area (Å²) in [4.78, 5) is 14.5. The first-order valence-corrected chi connectivity index (χ1v) is 7.05. The molecule has 0 aliphatic rings. The van der Waals surface area contributed by atoms with Gasteiger partial charge in [-0.3, -0.25) is 0 Å². The van der Waals surface area contributed by atoms with Gasteiger partial charge >= 0.3 is 6.01 Å². The van der Waals surface area contributed by atoms with Gasteiger partial charge in [0.2, 0.25) is 11.9 Å². The van der Waals surface area contributed by atoms with Crippen molar-refractivity contribution in [2.45, 2.75) is 6.92 Å². The predicted molar refractivity (Wildman–Crippen MR) is 84.9 cm³/mol. The van der Waals surface area contributed by atoms with Gasteiger partial charge < -0.3 is 15.0 Å². The monoisotopic (exact) mass is 327 g/mol. The molecule has 2 aromatic rings. The van der Waals surface area contributed by atoms with Crippen molar-refractivity contribution in [1.29, 1.82) is 0 Å². The van der Waals surface area contributed by atoms with Crippen molar-refractivity contribution in [2.75, 3.05) is 30.9 Å². The standard InChI is InChI=1S/C13H15Cl2N5O/c1-4-16-11-17-12(20(2)3)19-13(18-11)21-8-5-6-9(14)10(15)7-8/h5-7H,4H2,1-3H3,(H,16,17,18,19). The number of aromatic nitrogens is 3. The number of nitrogens with zero attached hydrogens (tertiary/aromatic N) is 4. The van der Waals surface area contributed by atoms with Gasteiger partial charge in [-0.05, 0) is 19.1 Å². The van der Waals surface area contributed by atoms with Gasteiger partial charge in [0.1, 0.15) is 5.75 Å². The number of ether oxygens (including phenoxy) is 1. The lowest BCUT2D eigenvalue weighted by atomic mass is 10.3. The Morgan fingerprint density at radius 3 is 2.52 bits per heavy atom. The molecule has 112 valence electrons. The minimum absolute atomic E-state index is 0.183. The normalized spacial score (nSPS) is 10.3. The number of halogens is 2. The molecule has 0 fully saturated rings. The Morgan fingerprint density at radius 1 is 1.14 bits per heavy atom. The summed E-state index contributed by atoms with van der Waals surface area (Å²) in [5, 5.41) is 3.90. The third-order valence-corrected chi connectivity index (χ3v) is 3.18. The fraction of sp³-hybridized carbons (Fsp3) is 0.308. The third kappa shape index (κ3) is 4.09. The lowest BCUT2D eigenvalue weighted by molar-refractivity contribution is 0.440. The molecule has 21 heavy (non-hydrogen) atoms. The van der Waals surface area contributed by atoms with Crippen molar-refractivity contribution >= 4 is 35.1 Å². The highest BCUT2D eigenvalue weighted by molar-refractivity contribution is 6.42. The number of rotatable bonds is 5. The van der Waals surface area contributed by atoms with Crippen molar-refractivity contribution in [1.82, 2.24) is 15.0 Å². The summed E-state index contributed by atoms with van der Waals surface area (Å²) in [6, 6.07) is 5.14. The fourth-order valence-electron chi connectivity index (χ4n) is 1.47. The number of hydrogen-bond acceptors (Lipinski definition) is 6. The molecule has 0 saturated heterocycles. The molecule has 2 rings (SSSR count). The van der Waals surface area contributed by atoms with E-state index in [9.17, 15) is 0 Å². The number of hydrogen-bond donors (Lipinski definition) is 1. The largest absolute Gasteiger partial charge is 0.424 e. The van der Waals surface area contributed by atoms with Gasteiger partial charge in [0, 0.05) is 26.7 Å². The summed E-state index contributed by atoms with van der Waals surface area (Å²) < 4.78 is 5.62. The lowest BCUT2D eigenvalue weighted by Gasteiger charge is -2.13. The molecule has 0 saturated carbocycles. The van der Waals surface area contributed by atoms with Crippen LogP contribution in [0.3, 0.4) is 0 Å². The van der Waals surface area contributed by atoms with Gasteiger partial charge in [-0.15, -0.1) is 0 Å². The summed E-state index contributed by atoms with van der Waals surface area (Å²) >= 11 is 11.8. The van der Waals surface area contributed by atoms with E-state index in [2.05, 4.69) is 20.3 Å². The van der Waals surface area contributed by atoms with E-state index in [1.807, 2.05) is 21.0 Å². The van der Waals surface area contributed by atoms with Gasteiger partial charge in [-0.25, -0.2) is 0 Å². The van der Waals surface area contributed by atoms with Crippen LogP contribution in [0.2, 0.25) is 10.0 Å². The van der Waals surface area contributed by atoms with Crippen molar-refractivity contribution in [3.63, 3.8) is 0 Å². The number of benzene rings is 1. The Balaban J connectivity index is 2.31. The highest BCUT2D eigenvalue weighted by atomic mass is 35.5. The molecule has 0 amide bonds. The minimum atomic E-state index is 0.183. The molecule has 0 unspecified atom stereocenters. The molecule has 0 aliphatic carbocycles. The quantitative estimate of drug-likeness (QED) is 0.907. The Labute approximate surface area is 133 Å². The maximum atomic E-state index is 5.96. The minimum Gasteiger partial charge on any atom is -0.424 e. The molecule has 0 radical (unpaired) electrons. The Kier molecular flexibility index (Phi) is 5.03. The summed E-state index contributed by atoms with van der Waals surface area (Å²) in [5.74, 6) is 1.45. The van der Waals surface area contributed by atoms with Gasteiger partial charge in [0.05, 0.1) is 10.0 Å². The van der Waals surface area contributed by atoms with Crippen molar-refractivity contribution < 1.29 is 4.74 Å². The molecule has 1 N–H and O–H groups in total. The maximum absolute atomic E-state index is 5.96.